The smallest absolute Gasteiger partial charge is 0.376 e. The van der Waals surface area contributed by atoms with Gasteiger partial charge in [-0.05, 0) is 18.3 Å². The van der Waals surface area contributed by atoms with Crippen LogP contribution in [0.1, 0.15) is 15.9 Å². The van der Waals surface area contributed by atoms with Crippen molar-refractivity contribution in [1.82, 2.24) is 9.88 Å². The van der Waals surface area contributed by atoms with E-state index in [4.69, 9.17) is 5.73 Å². The molecule has 0 spiro atoms. The van der Waals surface area contributed by atoms with Gasteiger partial charge in [0.2, 0.25) is 0 Å². The maximum Gasteiger partial charge on any atom is 0.417 e. The molecule has 17 heavy (non-hydrogen) atoms. The van der Waals surface area contributed by atoms with E-state index >= 15 is 0 Å². The minimum absolute atomic E-state index is 0.313. The number of hydrogen-bond acceptors (Lipinski definition) is 3. The third-order valence-electron chi connectivity index (χ3n) is 1.99. The van der Waals surface area contributed by atoms with Gasteiger partial charge in [-0.15, -0.1) is 0 Å². The molecule has 0 unspecified atom stereocenters. The van der Waals surface area contributed by atoms with Crippen LogP contribution < -0.4 is 5.73 Å². The van der Waals surface area contributed by atoms with Crippen LogP contribution in [-0.4, -0.2) is 28.0 Å². The summed E-state index contributed by atoms with van der Waals surface area (Å²) in [7, 11) is 1.19. The molecule has 1 aromatic rings. The molecule has 0 aliphatic heterocycles. The van der Waals surface area contributed by atoms with Crippen molar-refractivity contribution in [2.24, 2.45) is 5.73 Å². The minimum Gasteiger partial charge on any atom is -0.376 e. The molecule has 8 heteroatoms. The van der Waals surface area contributed by atoms with Crippen LogP contribution in [0.15, 0.2) is 18.5 Å². The molecule has 1 rings (SSSR count). The number of nitrogens with two attached hydrogens (primary N) is 1. The molecule has 0 bridgehead atoms. The topological polar surface area (TPSA) is 59.2 Å². The number of aromatic nitrogens is 1. The second-order valence-corrected chi connectivity index (χ2v) is 3.54. The lowest BCUT2D eigenvalue weighted by molar-refractivity contribution is -0.138. The van der Waals surface area contributed by atoms with Crippen LogP contribution in [0.3, 0.4) is 0 Å². The number of alkyl halides is 3. The van der Waals surface area contributed by atoms with Crippen molar-refractivity contribution in [3.63, 3.8) is 0 Å². The lowest BCUT2D eigenvalue weighted by Crippen LogP contribution is -2.38. The second kappa shape index (κ2) is 4.66. The highest BCUT2D eigenvalue weighted by Crippen LogP contribution is 2.31. The summed E-state index contributed by atoms with van der Waals surface area (Å²) in [5.74, 6) is -0.946. The van der Waals surface area contributed by atoms with Gasteiger partial charge in [0.05, 0.1) is 11.1 Å². The summed E-state index contributed by atoms with van der Waals surface area (Å²) in [6, 6.07) is 0.723. The summed E-state index contributed by atoms with van der Waals surface area (Å²) in [4.78, 5) is 15.9. The fourth-order valence-corrected chi connectivity index (χ4v) is 1.18. The van der Waals surface area contributed by atoms with Gasteiger partial charge >= 0.3 is 6.18 Å². The van der Waals surface area contributed by atoms with E-state index in [2.05, 4.69) is 17.2 Å². The lowest BCUT2D eigenvalue weighted by Gasteiger charge is -2.17. The van der Waals surface area contributed by atoms with Gasteiger partial charge in [0.15, 0.2) is 5.11 Å². The Labute approximate surface area is 100 Å². The molecule has 0 aromatic carbocycles. The van der Waals surface area contributed by atoms with Gasteiger partial charge in [0.1, 0.15) is 0 Å². The van der Waals surface area contributed by atoms with Crippen molar-refractivity contribution >= 4 is 23.2 Å². The third kappa shape index (κ3) is 2.90. The van der Waals surface area contributed by atoms with Crippen molar-refractivity contribution in [2.75, 3.05) is 7.05 Å². The van der Waals surface area contributed by atoms with Crippen molar-refractivity contribution in [1.29, 1.82) is 0 Å². The molecule has 0 aliphatic rings. The zero-order chi connectivity index (χ0) is 13.2. The number of amides is 1. The van der Waals surface area contributed by atoms with Gasteiger partial charge in [0, 0.05) is 19.4 Å². The molecule has 0 aliphatic carbocycles. The van der Waals surface area contributed by atoms with Crippen LogP contribution in [-0.2, 0) is 6.18 Å². The average Bonchev–Trinajstić information content (AvgIpc) is 2.25. The van der Waals surface area contributed by atoms with E-state index in [0.29, 0.717) is 0 Å². The Balaban J connectivity index is 3.24. The lowest BCUT2D eigenvalue weighted by atomic mass is 10.1. The fourth-order valence-electron chi connectivity index (χ4n) is 1.09. The van der Waals surface area contributed by atoms with Crippen LogP contribution >= 0.6 is 12.2 Å². The van der Waals surface area contributed by atoms with E-state index in [9.17, 15) is 18.0 Å². The fraction of sp³-hybridized carbons (Fsp3) is 0.222. The third-order valence-corrected chi connectivity index (χ3v) is 2.27. The number of thiocarbonyl (C=S) groups is 1. The monoisotopic (exact) mass is 263 g/mol. The standard InChI is InChI=1S/C9H8F3N3OS/c1-15(8(13)17)7(16)5-4-14-3-2-6(5)9(10,11)12/h2-4H,1H3,(H2,13,17). The maximum absolute atomic E-state index is 12.6. The second-order valence-electron chi connectivity index (χ2n) is 3.12. The summed E-state index contributed by atoms with van der Waals surface area (Å²) in [6.45, 7) is 0. The quantitative estimate of drug-likeness (QED) is 0.778. The van der Waals surface area contributed by atoms with E-state index < -0.39 is 23.2 Å². The van der Waals surface area contributed by atoms with E-state index in [1.807, 2.05) is 0 Å². The predicted octanol–water partition coefficient (Wildman–Crippen LogP) is 1.42. The Bertz CT molecular complexity index is 461. The molecule has 0 atom stereocenters. The molecule has 92 valence electrons. The molecule has 1 aromatic heterocycles. The number of carbonyl (C=O) groups excluding carboxylic acids is 1. The molecule has 2 N–H and O–H groups in total. The number of nitrogens with zero attached hydrogens (tertiary/aromatic N) is 2. The number of pyridine rings is 1. The Kier molecular flexibility index (Phi) is 3.66. The summed E-state index contributed by atoms with van der Waals surface area (Å²) < 4.78 is 37.8. The van der Waals surface area contributed by atoms with E-state index in [1.54, 1.807) is 0 Å². The maximum atomic E-state index is 12.6. The minimum atomic E-state index is -4.63. The molecule has 1 amide bonds. The first-order valence-electron chi connectivity index (χ1n) is 4.34. The highest BCUT2D eigenvalue weighted by atomic mass is 32.1. The van der Waals surface area contributed by atoms with Gasteiger partial charge in [-0.1, -0.05) is 0 Å². The predicted molar refractivity (Wildman–Crippen MR) is 58.1 cm³/mol. The number of rotatable bonds is 1. The molecular weight excluding hydrogens is 255 g/mol. The van der Waals surface area contributed by atoms with Gasteiger partial charge < -0.3 is 5.73 Å². The van der Waals surface area contributed by atoms with Crippen molar-refractivity contribution < 1.29 is 18.0 Å². The molecule has 1 heterocycles. The first-order chi connectivity index (χ1) is 7.75. The average molecular weight is 263 g/mol. The van der Waals surface area contributed by atoms with Gasteiger partial charge in [-0.3, -0.25) is 14.7 Å². The van der Waals surface area contributed by atoms with Crippen LogP contribution in [0, 0.1) is 0 Å². The van der Waals surface area contributed by atoms with Gasteiger partial charge in [-0.25, -0.2) is 0 Å². The summed E-state index contributed by atoms with van der Waals surface area (Å²) in [6.07, 6.45) is -2.84. The number of halogens is 3. The van der Waals surface area contributed by atoms with Crippen LogP contribution in [0.4, 0.5) is 13.2 Å². The van der Waals surface area contributed by atoms with Crippen molar-refractivity contribution in [3.8, 4) is 0 Å². The number of hydrogen-bond donors (Lipinski definition) is 1. The Morgan fingerprint density at radius 3 is 2.59 bits per heavy atom. The molecule has 0 saturated heterocycles. The normalized spacial score (nSPS) is 11.1. The highest BCUT2D eigenvalue weighted by molar-refractivity contribution is 7.80. The van der Waals surface area contributed by atoms with Gasteiger partial charge in [-0.2, -0.15) is 13.2 Å². The van der Waals surface area contributed by atoms with E-state index in [-0.39, 0.29) is 5.11 Å². The molecule has 0 saturated carbocycles. The van der Waals surface area contributed by atoms with Crippen molar-refractivity contribution in [2.45, 2.75) is 6.18 Å². The van der Waals surface area contributed by atoms with Crippen LogP contribution in [0.2, 0.25) is 0 Å². The Morgan fingerprint density at radius 2 is 2.12 bits per heavy atom. The van der Waals surface area contributed by atoms with Gasteiger partial charge in [0.25, 0.3) is 5.91 Å². The highest BCUT2D eigenvalue weighted by Gasteiger charge is 2.36. The zero-order valence-electron chi connectivity index (χ0n) is 8.65. The summed E-state index contributed by atoms with van der Waals surface area (Å²) >= 11 is 4.51. The first kappa shape index (κ1) is 13.4. The summed E-state index contributed by atoms with van der Waals surface area (Å²) in [5.41, 5.74) is 3.51. The Hall–Kier alpha value is -1.70. The zero-order valence-corrected chi connectivity index (χ0v) is 9.47. The Morgan fingerprint density at radius 1 is 1.53 bits per heavy atom. The van der Waals surface area contributed by atoms with E-state index in [1.165, 1.54) is 7.05 Å². The summed E-state index contributed by atoms with van der Waals surface area (Å²) in [5, 5.41) is -0.313. The molecule has 0 radical (unpaired) electrons. The largest absolute Gasteiger partial charge is 0.417 e. The first-order valence-corrected chi connectivity index (χ1v) is 4.74. The van der Waals surface area contributed by atoms with Crippen LogP contribution in [0.25, 0.3) is 0 Å². The van der Waals surface area contributed by atoms with E-state index in [0.717, 1.165) is 23.4 Å². The SMILES string of the molecule is CN(C(=O)c1cnccc1C(F)(F)F)C(N)=S. The van der Waals surface area contributed by atoms with Crippen molar-refractivity contribution in [3.05, 3.63) is 29.6 Å². The molecule has 0 fully saturated rings. The molecule has 4 nitrogen and oxygen atoms in total. The molecular formula is C9H8F3N3OS. The van der Waals surface area contributed by atoms with Crippen LogP contribution in [0.5, 0.6) is 0 Å². The number of carbonyl (C=O) groups is 1.